The molecular formula is C45H67N3O11. The zero-order chi connectivity index (χ0) is 43.6. The molecule has 0 aliphatic carbocycles. The van der Waals surface area contributed by atoms with Gasteiger partial charge in [-0.15, -0.1) is 0 Å². The van der Waals surface area contributed by atoms with E-state index in [-0.39, 0.29) is 30.8 Å². The minimum Gasteiger partial charge on any atom is -0.497 e. The number of likely N-dealkylation sites (N-methyl/N-ethyl adjacent to an activating group) is 1. The first kappa shape index (κ1) is 46.4. The predicted molar refractivity (Wildman–Crippen MR) is 221 cm³/mol. The van der Waals surface area contributed by atoms with Crippen molar-refractivity contribution in [3.63, 3.8) is 0 Å². The molecule has 3 fully saturated rings. The number of aliphatic hydroxyl groups is 1. The molecule has 14 nitrogen and oxygen atoms in total. The molecule has 0 radical (unpaired) electrons. The minimum atomic E-state index is -1.40. The Bertz CT molecular complexity index is 1820. The van der Waals surface area contributed by atoms with Crippen molar-refractivity contribution in [2.45, 2.75) is 148 Å². The lowest BCUT2D eigenvalue weighted by Gasteiger charge is -2.47. The van der Waals surface area contributed by atoms with Gasteiger partial charge in [0.25, 0.3) is 0 Å². The number of Topliss-reactive ketones (excluding diaryl/α,β-unsaturated/α-hetero) is 2. The maximum atomic E-state index is 14.8. The van der Waals surface area contributed by atoms with Crippen molar-refractivity contribution in [1.82, 2.24) is 14.8 Å². The van der Waals surface area contributed by atoms with Gasteiger partial charge in [-0.2, -0.15) is 0 Å². The number of ketones is 2. The lowest BCUT2D eigenvalue weighted by atomic mass is 9.73. The number of hydrogen-bond donors (Lipinski definition) is 1. The third kappa shape index (κ3) is 9.46. The van der Waals surface area contributed by atoms with Crippen molar-refractivity contribution in [2.24, 2.45) is 23.7 Å². The molecule has 14 heteroatoms. The third-order valence-electron chi connectivity index (χ3n) is 13.3. The zero-order valence-corrected chi connectivity index (χ0v) is 37.1. The molecule has 328 valence electrons. The van der Waals surface area contributed by atoms with Gasteiger partial charge in [0.2, 0.25) is 0 Å². The largest absolute Gasteiger partial charge is 0.497 e. The average Bonchev–Trinajstić information content (AvgIpc) is 3.47. The lowest BCUT2D eigenvalue weighted by Crippen LogP contribution is -2.60. The van der Waals surface area contributed by atoms with Gasteiger partial charge >= 0.3 is 12.1 Å². The molecule has 5 rings (SSSR count). The first-order valence-corrected chi connectivity index (χ1v) is 21.2. The number of aliphatic hydroxyl groups excluding tert-OH is 1. The van der Waals surface area contributed by atoms with E-state index in [1.807, 2.05) is 64.0 Å². The summed E-state index contributed by atoms with van der Waals surface area (Å²) in [4.78, 5) is 65.1. The molecule has 3 aliphatic heterocycles. The van der Waals surface area contributed by atoms with E-state index in [4.69, 9.17) is 28.4 Å². The molecule has 3 saturated heterocycles. The van der Waals surface area contributed by atoms with Crippen LogP contribution >= 0.6 is 0 Å². The summed E-state index contributed by atoms with van der Waals surface area (Å²) >= 11 is 0. The summed E-state index contributed by atoms with van der Waals surface area (Å²) in [6.07, 6.45) is -0.194. The van der Waals surface area contributed by atoms with Gasteiger partial charge in [0.15, 0.2) is 17.7 Å². The van der Waals surface area contributed by atoms with E-state index in [2.05, 4.69) is 4.98 Å². The summed E-state index contributed by atoms with van der Waals surface area (Å²) in [5.41, 5.74) is -0.714. The normalized spacial score (nSPS) is 36.3. The number of benzene rings is 1. The summed E-state index contributed by atoms with van der Waals surface area (Å²) in [5.74, 6) is -4.22. The van der Waals surface area contributed by atoms with Crippen molar-refractivity contribution >= 4 is 34.5 Å². The summed E-state index contributed by atoms with van der Waals surface area (Å²) in [6.45, 7) is 14.3. The van der Waals surface area contributed by atoms with Gasteiger partial charge in [-0.1, -0.05) is 27.7 Å². The highest BCUT2D eigenvalue weighted by atomic mass is 16.7. The number of carbonyl (C=O) groups excluding carboxylic acids is 4. The number of pyridine rings is 1. The van der Waals surface area contributed by atoms with Gasteiger partial charge in [0, 0.05) is 55.1 Å². The SMILES string of the molecule is CC[C@H]1OC(=O)[C@H](C)C(=O)[C@H](C)[C@@H](O[C@H]2O[C@@H](C)C[C@@H](N(C)C)[C@@H]2O)[C@](C)(OC)C[C@@H](C)C(=O)[C@H](C)[C@H]2N(CCCCc3ccnc4cc(OC)ccc34)C(=O)O[C@]12C. The molecule has 1 amide bonds. The Morgan fingerprint density at radius 1 is 0.983 bits per heavy atom. The quantitative estimate of drug-likeness (QED) is 0.165. The molecule has 13 atom stereocenters. The van der Waals surface area contributed by atoms with E-state index in [0.717, 1.165) is 35.1 Å². The number of rotatable bonds is 11. The van der Waals surface area contributed by atoms with Crippen molar-refractivity contribution in [2.75, 3.05) is 34.9 Å². The highest BCUT2D eigenvalue weighted by molar-refractivity contribution is 6.00. The first-order valence-electron chi connectivity index (χ1n) is 21.2. The van der Waals surface area contributed by atoms with Gasteiger partial charge < -0.3 is 43.3 Å². The lowest BCUT2D eigenvalue weighted by molar-refractivity contribution is -0.295. The molecule has 0 unspecified atom stereocenters. The number of aromatic nitrogens is 1. The van der Waals surface area contributed by atoms with E-state index in [1.165, 1.54) is 14.0 Å². The number of carbonyl (C=O) groups is 4. The molecule has 3 aliphatic rings. The highest BCUT2D eigenvalue weighted by Gasteiger charge is 2.60. The second kappa shape index (κ2) is 18.9. The van der Waals surface area contributed by atoms with Crippen LogP contribution in [-0.2, 0) is 44.5 Å². The molecule has 1 aromatic heterocycles. The van der Waals surface area contributed by atoms with Crippen LogP contribution in [0.1, 0.15) is 93.1 Å². The van der Waals surface area contributed by atoms with Gasteiger partial charge in [-0.25, -0.2) is 4.79 Å². The number of methoxy groups -OCH3 is 2. The van der Waals surface area contributed by atoms with Crippen LogP contribution in [0.3, 0.4) is 0 Å². The molecule has 1 aromatic carbocycles. The fourth-order valence-electron chi connectivity index (χ4n) is 9.84. The van der Waals surface area contributed by atoms with Gasteiger partial charge in [-0.3, -0.25) is 19.4 Å². The molecule has 59 heavy (non-hydrogen) atoms. The van der Waals surface area contributed by atoms with Crippen LogP contribution in [0.5, 0.6) is 5.75 Å². The molecule has 0 bridgehead atoms. The molecular weight excluding hydrogens is 759 g/mol. The number of hydrogen-bond acceptors (Lipinski definition) is 13. The number of ether oxygens (including phenoxy) is 6. The molecule has 0 spiro atoms. The van der Waals surface area contributed by atoms with E-state index in [0.29, 0.717) is 19.4 Å². The Balaban J connectivity index is 1.46. The van der Waals surface area contributed by atoms with Crippen molar-refractivity contribution in [3.8, 4) is 5.75 Å². The van der Waals surface area contributed by atoms with E-state index in [9.17, 15) is 24.3 Å². The Labute approximate surface area is 349 Å². The summed E-state index contributed by atoms with van der Waals surface area (Å²) < 4.78 is 36.7. The van der Waals surface area contributed by atoms with Crippen LogP contribution in [0.2, 0.25) is 0 Å². The molecule has 1 N–H and O–H groups in total. The molecule has 4 heterocycles. The Kier molecular flexibility index (Phi) is 14.9. The fourth-order valence-corrected chi connectivity index (χ4v) is 9.84. The number of nitrogens with zero attached hydrogens (tertiary/aromatic N) is 3. The number of unbranched alkanes of at least 4 members (excludes halogenated alkanes) is 1. The maximum absolute atomic E-state index is 14.8. The van der Waals surface area contributed by atoms with E-state index >= 15 is 0 Å². The minimum absolute atomic E-state index is 0.129. The third-order valence-corrected chi connectivity index (χ3v) is 13.3. The summed E-state index contributed by atoms with van der Waals surface area (Å²) in [5, 5.41) is 12.5. The van der Waals surface area contributed by atoms with Crippen LogP contribution in [0.25, 0.3) is 10.9 Å². The Morgan fingerprint density at radius 2 is 1.69 bits per heavy atom. The monoisotopic (exact) mass is 825 g/mol. The summed E-state index contributed by atoms with van der Waals surface area (Å²) in [6, 6.07) is 6.74. The Hall–Kier alpha value is -3.69. The topological polar surface area (TPSA) is 163 Å². The maximum Gasteiger partial charge on any atom is 0.410 e. The summed E-state index contributed by atoms with van der Waals surface area (Å²) in [7, 11) is 6.87. The second-order valence-electron chi connectivity index (χ2n) is 17.7. The molecule has 0 saturated carbocycles. The van der Waals surface area contributed by atoms with Crippen LogP contribution in [-0.4, -0.2) is 132 Å². The molecule has 2 aromatic rings. The van der Waals surface area contributed by atoms with Crippen LogP contribution < -0.4 is 4.74 Å². The fraction of sp³-hybridized carbons (Fsp3) is 0.711. The average molecular weight is 826 g/mol. The predicted octanol–water partition coefficient (Wildman–Crippen LogP) is 5.77. The standard InChI is InChI=1S/C45H67N3O11/c1-13-35-45(8)39(48(43(53)59-45)21-15-14-16-30-19-20-46-33-23-31(54-11)17-18-32(30)33)27(4)36(49)25(2)24-44(7,55-12)40(28(5)37(50)29(6)41(52)57-35)58-42-38(51)34(47(9)10)22-26(3)56-42/h17-20,23,25-29,34-35,38-40,42,51H,13-16,21-22,24H2,1-12H3/t25-,26+,27+,28+,29-,34-,35-,38+,39-,40-,42-,44-,45-/m1/s1. The number of aryl methyl sites for hydroxylation is 1. The van der Waals surface area contributed by atoms with Crippen molar-refractivity contribution in [1.29, 1.82) is 0 Å². The van der Waals surface area contributed by atoms with Crippen LogP contribution in [0.15, 0.2) is 30.5 Å². The number of cyclic esters (lactones) is 1. The number of amides is 1. The van der Waals surface area contributed by atoms with Gasteiger partial charge in [-0.05, 0) is 104 Å². The van der Waals surface area contributed by atoms with Crippen molar-refractivity contribution < 1.29 is 52.7 Å². The van der Waals surface area contributed by atoms with Crippen molar-refractivity contribution in [3.05, 3.63) is 36.0 Å². The zero-order valence-electron chi connectivity index (χ0n) is 37.1. The smallest absolute Gasteiger partial charge is 0.410 e. The van der Waals surface area contributed by atoms with Crippen LogP contribution in [0, 0.1) is 23.7 Å². The van der Waals surface area contributed by atoms with E-state index < -0.39 is 83.4 Å². The van der Waals surface area contributed by atoms with E-state index in [1.54, 1.807) is 45.9 Å². The van der Waals surface area contributed by atoms with Gasteiger partial charge in [0.1, 0.15) is 29.7 Å². The Morgan fingerprint density at radius 3 is 2.34 bits per heavy atom. The number of fused-ring (bicyclic) bond motifs is 2. The number of esters is 1. The first-order chi connectivity index (χ1) is 27.8. The van der Waals surface area contributed by atoms with Crippen LogP contribution in [0.4, 0.5) is 4.79 Å². The highest BCUT2D eigenvalue weighted by Crippen LogP contribution is 2.43. The second-order valence-corrected chi connectivity index (χ2v) is 17.7. The van der Waals surface area contributed by atoms with Gasteiger partial charge in [0.05, 0.1) is 36.5 Å².